The predicted octanol–water partition coefficient (Wildman–Crippen LogP) is 2.04. The van der Waals surface area contributed by atoms with Gasteiger partial charge in [0, 0.05) is 49.4 Å². The van der Waals surface area contributed by atoms with E-state index in [0.717, 1.165) is 11.1 Å². The van der Waals surface area contributed by atoms with Crippen LogP contribution in [0.1, 0.15) is 67.3 Å². The number of fused-ring (bicyclic) bond motifs is 5. The molecule has 0 saturated heterocycles. The third-order valence-corrected chi connectivity index (χ3v) is 7.89. The molecule has 238 valence electrons. The van der Waals surface area contributed by atoms with Gasteiger partial charge in [-0.3, -0.25) is 9.79 Å². The van der Waals surface area contributed by atoms with E-state index < -0.39 is 19.2 Å². The molecule has 2 aliphatic rings. The Morgan fingerprint density at radius 3 is 2.70 bits per heavy atom. The Hall–Kier alpha value is -3.98. The zero-order valence-electron chi connectivity index (χ0n) is 25.3. The van der Waals surface area contributed by atoms with Gasteiger partial charge < -0.3 is 46.1 Å². The highest BCUT2D eigenvalue weighted by Crippen LogP contribution is 2.43. The maximum Gasteiger partial charge on any atom is 0.200 e. The average Bonchev–Trinajstić information content (AvgIpc) is 2.98. The topological polar surface area (TPSA) is 187 Å². The van der Waals surface area contributed by atoms with Crippen molar-refractivity contribution in [3.05, 3.63) is 46.0 Å². The van der Waals surface area contributed by atoms with Crippen LogP contribution in [0, 0.1) is 23.7 Å². The van der Waals surface area contributed by atoms with Crippen LogP contribution in [-0.4, -0.2) is 69.6 Å². The van der Waals surface area contributed by atoms with Crippen LogP contribution in [0.15, 0.2) is 23.2 Å². The van der Waals surface area contributed by atoms with E-state index in [0.29, 0.717) is 73.8 Å². The van der Waals surface area contributed by atoms with Crippen LogP contribution in [0.2, 0.25) is 0 Å². The molecule has 44 heavy (non-hydrogen) atoms. The number of aromatic hydroxyl groups is 2. The number of benzene rings is 2. The number of Topliss-reactive ketones (excluding diaryl/α,β-unsaturated/α-hetero) is 1. The van der Waals surface area contributed by atoms with Crippen molar-refractivity contribution >= 4 is 11.7 Å². The summed E-state index contributed by atoms with van der Waals surface area (Å²) in [6.07, 6.45) is 0.237. The Kier molecular flexibility index (Phi) is 11.3. The van der Waals surface area contributed by atoms with Gasteiger partial charge >= 0.3 is 0 Å². The number of carbonyl (C=O) groups is 1. The van der Waals surface area contributed by atoms with Crippen molar-refractivity contribution in [1.82, 2.24) is 5.32 Å². The highest BCUT2D eigenvalue weighted by Gasteiger charge is 2.33. The molecule has 0 spiro atoms. The number of guanidine groups is 1. The number of phenolic OH excluding ortho intramolecular Hbond substituents is 2. The molecule has 8 N–H and O–H groups in total. The number of aliphatic hydroxyl groups excluding tert-OH is 3. The van der Waals surface area contributed by atoms with Gasteiger partial charge in [-0.25, -0.2) is 0 Å². The second-order valence-corrected chi connectivity index (χ2v) is 11.8. The second-order valence-electron chi connectivity index (χ2n) is 11.8. The molecule has 3 atom stereocenters. The summed E-state index contributed by atoms with van der Waals surface area (Å²) in [4.78, 5) is 17.0. The lowest BCUT2D eigenvalue weighted by atomic mass is 9.86. The fourth-order valence-corrected chi connectivity index (χ4v) is 5.52. The van der Waals surface area contributed by atoms with Gasteiger partial charge in [-0.1, -0.05) is 37.8 Å². The first kappa shape index (κ1) is 32.9. The number of carbonyl (C=O) groups excluding carboxylic acids is 1. The van der Waals surface area contributed by atoms with Crippen LogP contribution in [0.4, 0.5) is 0 Å². The number of nitrogens with two attached hydrogens (primary N) is 1. The van der Waals surface area contributed by atoms with E-state index in [1.54, 1.807) is 6.07 Å². The van der Waals surface area contributed by atoms with Crippen LogP contribution in [0.25, 0.3) is 0 Å². The Morgan fingerprint density at radius 2 is 1.95 bits per heavy atom. The van der Waals surface area contributed by atoms with Gasteiger partial charge in [0.05, 0.1) is 11.7 Å². The summed E-state index contributed by atoms with van der Waals surface area (Å²) in [7, 11) is 0. The Labute approximate surface area is 257 Å². The minimum absolute atomic E-state index is 0.00425. The quantitative estimate of drug-likeness (QED) is 0.106. The average molecular weight is 610 g/mol. The van der Waals surface area contributed by atoms with Gasteiger partial charge in [0.2, 0.25) is 6.29 Å². The van der Waals surface area contributed by atoms with Gasteiger partial charge in [-0.15, -0.1) is 0 Å². The number of aliphatic hydroxyl groups is 3. The van der Waals surface area contributed by atoms with E-state index in [1.165, 1.54) is 6.07 Å². The molecular formula is C33H43N3O8. The number of ether oxygens (including phenoxy) is 2. The number of hydrogen-bond acceptors (Lipinski definition) is 9. The second kappa shape index (κ2) is 15.1. The SMILES string of the molecule is CC(C)CN=C(N)NCCC1Cc2c3cc(c(O)c2OC1O)CC#Cc1c(ccc(O)c1OCO)CCC(=O)CC(O)CC3. The molecule has 0 aromatic heterocycles. The molecular weight excluding hydrogens is 566 g/mol. The Bertz CT molecular complexity index is 1430. The fourth-order valence-electron chi connectivity index (χ4n) is 5.52. The van der Waals surface area contributed by atoms with Crippen LogP contribution in [0.3, 0.4) is 0 Å². The number of phenols is 2. The zero-order valence-corrected chi connectivity index (χ0v) is 25.3. The number of aliphatic imine (C=N–C) groups is 1. The molecule has 1 heterocycles. The summed E-state index contributed by atoms with van der Waals surface area (Å²) in [6.45, 7) is 4.51. The molecule has 0 radical (unpaired) electrons. The van der Waals surface area contributed by atoms with E-state index in [2.05, 4.69) is 36.0 Å². The third kappa shape index (κ3) is 8.34. The molecule has 11 heteroatoms. The van der Waals surface area contributed by atoms with Gasteiger partial charge in [0.25, 0.3) is 0 Å². The Balaban J connectivity index is 1.65. The van der Waals surface area contributed by atoms with E-state index >= 15 is 0 Å². The monoisotopic (exact) mass is 609 g/mol. The molecule has 2 aromatic rings. The van der Waals surface area contributed by atoms with Crippen molar-refractivity contribution in [3.63, 3.8) is 0 Å². The fraction of sp³-hybridized carbons (Fsp3) is 0.515. The maximum absolute atomic E-state index is 12.8. The van der Waals surface area contributed by atoms with E-state index in [9.17, 15) is 30.3 Å². The molecule has 2 aromatic carbocycles. The summed E-state index contributed by atoms with van der Waals surface area (Å²) < 4.78 is 11.2. The molecule has 0 amide bonds. The third-order valence-electron chi connectivity index (χ3n) is 7.89. The van der Waals surface area contributed by atoms with Crippen molar-refractivity contribution < 1.29 is 39.8 Å². The van der Waals surface area contributed by atoms with Gasteiger partial charge in [0.15, 0.2) is 35.8 Å². The minimum Gasteiger partial charge on any atom is -0.504 e. The molecule has 0 fully saturated rings. The van der Waals surface area contributed by atoms with E-state index in [-0.39, 0.29) is 54.0 Å². The first-order valence-electron chi connectivity index (χ1n) is 15.1. The lowest BCUT2D eigenvalue weighted by molar-refractivity contribution is -0.121. The number of nitrogens with zero attached hydrogens (tertiary/aromatic N) is 1. The summed E-state index contributed by atoms with van der Waals surface area (Å²) >= 11 is 0. The molecule has 3 unspecified atom stereocenters. The lowest BCUT2D eigenvalue weighted by Crippen LogP contribution is -2.38. The number of aryl methyl sites for hydroxylation is 2. The number of rotatable bonds is 7. The molecule has 11 nitrogen and oxygen atoms in total. The first-order valence-corrected chi connectivity index (χ1v) is 15.1. The van der Waals surface area contributed by atoms with Crippen molar-refractivity contribution in [2.24, 2.45) is 22.6 Å². The number of ketones is 1. The van der Waals surface area contributed by atoms with Gasteiger partial charge in [0.1, 0.15) is 5.78 Å². The Morgan fingerprint density at radius 1 is 1.16 bits per heavy atom. The van der Waals surface area contributed by atoms with E-state index in [1.807, 2.05) is 6.07 Å². The number of nitrogens with one attached hydrogen (secondary N) is 1. The largest absolute Gasteiger partial charge is 0.504 e. The van der Waals surface area contributed by atoms with Crippen LogP contribution < -0.4 is 20.5 Å². The molecule has 0 saturated carbocycles. The summed E-state index contributed by atoms with van der Waals surface area (Å²) in [5, 5.41) is 55.6. The van der Waals surface area contributed by atoms with Crippen molar-refractivity contribution in [3.8, 4) is 34.8 Å². The van der Waals surface area contributed by atoms with Crippen LogP contribution >= 0.6 is 0 Å². The van der Waals surface area contributed by atoms with Crippen LogP contribution in [0.5, 0.6) is 23.0 Å². The lowest BCUT2D eigenvalue weighted by Gasteiger charge is -2.33. The predicted molar refractivity (Wildman–Crippen MR) is 165 cm³/mol. The van der Waals surface area contributed by atoms with Crippen molar-refractivity contribution in [2.75, 3.05) is 19.9 Å². The molecule has 2 bridgehead atoms. The van der Waals surface area contributed by atoms with Crippen molar-refractivity contribution in [1.29, 1.82) is 0 Å². The first-order chi connectivity index (χ1) is 21.1. The van der Waals surface area contributed by atoms with Crippen LogP contribution in [-0.2, 0) is 30.5 Å². The normalized spacial score (nSPS) is 20.7. The summed E-state index contributed by atoms with van der Waals surface area (Å²) in [6, 6.07) is 4.90. The summed E-state index contributed by atoms with van der Waals surface area (Å²) in [5.74, 6) is 6.20. The minimum atomic E-state index is -1.16. The number of hydrogen-bond donors (Lipinski definition) is 7. The van der Waals surface area contributed by atoms with Gasteiger partial charge in [-0.05, 0) is 55.2 Å². The maximum atomic E-state index is 12.8. The van der Waals surface area contributed by atoms with E-state index in [4.69, 9.17) is 15.2 Å². The van der Waals surface area contributed by atoms with Crippen molar-refractivity contribution in [2.45, 2.75) is 77.6 Å². The highest BCUT2D eigenvalue weighted by atomic mass is 16.6. The standard InChI is InChI=1S/C33H43N3O8/c1-19(2)17-36-33(34)35-13-12-23-15-27-21-7-10-25(39)16-24(38)9-6-20-8-11-28(40)30(43-18-37)26(20)5-3-4-22(14-21)29(41)31(27)44-32(23)42/h8,11,14,19,23,25,32,37,39-42H,4,6-7,9-10,12-13,15-18H2,1-2H3,(H3,34,35,36). The summed E-state index contributed by atoms with van der Waals surface area (Å²) in [5.41, 5.74) is 8.98. The smallest absolute Gasteiger partial charge is 0.200 e. The zero-order chi connectivity index (χ0) is 31.8. The highest BCUT2D eigenvalue weighted by molar-refractivity contribution is 5.79. The van der Waals surface area contributed by atoms with Gasteiger partial charge in [-0.2, -0.15) is 0 Å². The molecule has 1 aliphatic carbocycles. The molecule has 4 rings (SSSR count). The molecule has 1 aliphatic heterocycles.